The fraction of sp³-hybridized carbons (Fsp3) is 0.722. The van der Waals surface area contributed by atoms with Gasteiger partial charge in [0.15, 0.2) is 0 Å². The van der Waals surface area contributed by atoms with Crippen molar-refractivity contribution >= 4 is 13.8 Å². The molecule has 1 aromatic rings. The van der Waals surface area contributed by atoms with Crippen molar-refractivity contribution in [3.05, 3.63) is 23.8 Å². The van der Waals surface area contributed by atoms with E-state index in [1.165, 1.54) is 57.8 Å². The first-order valence-corrected chi connectivity index (χ1v) is 9.31. The van der Waals surface area contributed by atoms with Crippen LogP contribution in [0, 0.1) is 0 Å². The van der Waals surface area contributed by atoms with Gasteiger partial charge in [-0.3, -0.25) is 9.78 Å². The van der Waals surface area contributed by atoms with Crippen LogP contribution in [0.4, 0.5) is 0 Å². The maximum atomic E-state index is 12.7. The fourth-order valence-corrected chi connectivity index (χ4v) is 4.06. The van der Waals surface area contributed by atoms with Gasteiger partial charge in [-0.2, -0.15) is 0 Å². The van der Waals surface area contributed by atoms with E-state index in [1.54, 1.807) is 6.20 Å². The second-order valence-electron chi connectivity index (χ2n) is 7.59. The molecule has 5 heteroatoms. The molecule has 2 aliphatic rings. The third-order valence-electron chi connectivity index (χ3n) is 5.53. The summed E-state index contributed by atoms with van der Waals surface area (Å²) in [5, 5.41) is 3.26. The SMILES string of the molecule is BC1(NC(=O)c2cncc(C3CCCC3)n2)CCCCCCC1. The van der Waals surface area contributed by atoms with Crippen molar-refractivity contribution in [2.24, 2.45) is 0 Å². The van der Waals surface area contributed by atoms with E-state index in [0.29, 0.717) is 11.6 Å². The first-order chi connectivity index (χ1) is 11.2. The third-order valence-corrected chi connectivity index (χ3v) is 5.53. The van der Waals surface area contributed by atoms with Gasteiger partial charge in [0.2, 0.25) is 0 Å². The minimum Gasteiger partial charge on any atom is -0.353 e. The first kappa shape index (κ1) is 16.5. The molecule has 0 radical (unpaired) electrons. The molecule has 0 spiro atoms. The Hall–Kier alpha value is -1.39. The summed E-state index contributed by atoms with van der Waals surface area (Å²) in [5.41, 5.74) is 1.39. The van der Waals surface area contributed by atoms with Gasteiger partial charge >= 0.3 is 0 Å². The highest BCUT2D eigenvalue weighted by Crippen LogP contribution is 2.32. The molecule has 0 aliphatic heterocycles. The normalized spacial score (nSPS) is 22.3. The van der Waals surface area contributed by atoms with E-state index in [9.17, 15) is 4.79 Å². The highest BCUT2D eigenvalue weighted by atomic mass is 16.2. The number of aromatic nitrogens is 2. The quantitative estimate of drug-likeness (QED) is 0.873. The zero-order valence-electron chi connectivity index (χ0n) is 14.3. The number of hydrogen-bond donors (Lipinski definition) is 1. The molecule has 2 aliphatic carbocycles. The van der Waals surface area contributed by atoms with Crippen molar-refractivity contribution in [1.82, 2.24) is 15.3 Å². The second kappa shape index (κ2) is 7.46. The summed E-state index contributed by atoms with van der Waals surface area (Å²) in [6.07, 6.45) is 16.8. The Morgan fingerprint density at radius 2 is 1.70 bits per heavy atom. The highest BCUT2D eigenvalue weighted by molar-refractivity contribution is 6.17. The van der Waals surface area contributed by atoms with Gasteiger partial charge < -0.3 is 5.32 Å². The predicted molar refractivity (Wildman–Crippen MR) is 94.3 cm³/mol. The second-order valence-corrected chi connectivity index (χ2v) is 7.59. The van der Waals surface area contributed by atoms with Gasteiger partial charge in [-0.1, -0.05) is 44.9 Å². The molecule has 2 saturated carbocycles. The van der Waals surface area contributed by atoms with Crippen LogP contribution < -0.4 is 5.32 Å². The Morgan fingerprint density at radius 1 is 1.04 bits per heavy atom. The molecule has 1 amide bonds. The molecule has 0 atom stereocenters. The summed E-state index contributed by atoms with van der Waals surface area (Å²) in [6.45, 7) is 0. The van der Waals surface area contributed by atoms with Gasteiger partial charge in [0.1, 0.15) is 13.5 Å². The van der Waals surface area contributed by atoms with Crippen LogP contribution in [0.5, 0.6) is 0 Å². The zero-order chi connectivity index (χ0) is 16.1. The van der Waals surface area contributed by atoms with Crippen molar-refractivity contribution in [2.45, 2.75) is 82.0 Å². The average molecular weight is 313 g/mol. The fourth-order valence-electron chi connectivity index (χ4n) is 4.06. The molecule has 2 fully saturated rings. The Kier molecular flexibility index (Phi) is 5.34. The van der Waals surface area contributed by atoms with Gasteiger partial charge in [-0.15, -0.1) is 0 Å². The Balaban J connectivity index is 1.68. The van der Waals surface area contributed by atoms with Crippen LogP contribution in [0.1, 0.15) is 92.7 Å². The minimum absolute atomic E-state index is 0.0552. The number of nitrogens with one attached hydrogen (secondary N) is 1. The van der Waals surface area contributed by atoms with E-state index in [0.717, 1.165) is 18.5 Å². The predicted octanol–water partition coefficient (Wildman–Crippen LogP) is 2.94. The van der Waals surface area contributed by atoms with Crippen LogP contribution in [-0.4, -0.2) is 29.2 Å². The molecule has 0 saturated heterocycles. The molecule has 23 heavy (non-hydrogen) atoms. The summed E-state index contributed by atoms with van der Waals surface area (Å²) in [7, 11) is 2.18. The molecule has 124 valence electrons. The van der Waals surface area contributed by atoms with Crippen LogP contribution in [0.25, 0.3) is 0 Å². The van der Waals surface area contributed by atoms with Gasteiger partial charge in [0.25, 0.3) is 5.91 Å². The molecule has 0 aromatic carbocycles. The van der Waals surface area contributed by atoms with Crippen LogP contribution in [0.2, 0.25) is 0 Å². The van der Waals surface area contributed by atoms with Crippen molar-refractivity contribution in [3.63, 3.8) is 0 Å². The van der Waals surface area contributed by atoms with E-state index in [-0.39, 0.29) is 11.3 Å². The lowest BCUT2D eigenvalue weighted by Crippen LogP contribution is -2.49. The van der Waals surface area contributed by atoms with Crippen molar-refractivity contribution < 1.29 is 4.79 Å². The summed E-state index contributed by atoms with van der Waals surface area (Å²) < 4.78 is 0. The maximum Gasteiger partial charge on any atom is 0.271 e. The van der Waals surface area contributed by atoms with Gasteiger partial charge in [-0.25, -0.2) is 4.98 Å². The van der Waals surface area contributed by atoms with Crippen molar-refractivity contribution in [2.75, 3.05) is 0 Å². The van der Waals surface area contributed by atoms with E-state index in [1.807, 2.05) is 6.20 Å². The zero-order valence-corrected chi connectivity index (χ0v) is 14.3. The van der Waals surface area contributed by atoms with E-state index < -0.39 is 0 Å². The number of nitrogens with zero attached hydrogens (tertiary/aromatic N) is 2. The lowest BCUT2D eigenvalue weighted by atomic mass is 9.69. The number of hydrogen-bond acceptors (Lipinski definition) is 3. The summed E-state index contributed by atoms with van der Waals surface area (Å²) in [4.78, 5) is 21.6. The van der Waals surface area contributed by atoms with Crippen LogP contribution in [-0.2, 0) is 0 Å². The number of rotatable bonds is 3. The lowest BCUT2D eigenvalue weighted by Gasteiger charge is -2.32. The summed E-state index contributed by atoms with van der Waals surface area (Å²) >= 11 is 0. The van der Waals surface area contributed by atoms with E-state index >= 15 is 0 Å². The molecule has 1 aromatic heterocycles. The standard InChI is InChI=1S/C18H28BN3O/c19-18(10-6-2-1-3-7-11-18)22-17(23)16-13-20-12-15(21-16)14-8-4-5-9-14/h12-14H,1-11,19H2,(H,22,23). The number of carbonyl (C=O) groups is 1. The Labute approximate surface area is 140 Å². The molecule has 1 N–H and O–H groups in total. The Bertz CT molecular complexity index is 535. The molecule has 0 unspecified atom stereocenters. The summed E-state index contributed by atoms with van der Waals surface area (Å²) in [6, 6.07) is 0. The van der Waals surface area contributed by atoms with Crippen molar-refractivity contribution in [3.8, 4) is 0 Å². The first-order valence-electron chi connectivity index (χ1n) is 9.31. The highest BCUT2D eigenvalue weighted by Gasteiger charge is 2.28. The maximum absolute atomic E-state index is 12.7. The van der Waals surface area contributed by atoms with Gasteiger partial charge in [0.05, 0.1) is 11.9 Å². The molecular formula is C18H28BN3O. The molecular weight excluding hydrogens is 285 g/mol. The monoisotopic (exact) mass is 313 g/mol. The molecule has 4 nitrogen and oxygen atoms in total. The molecule has 0 bridgehead atoms. The van der Waals surface area contributed by atoms with Gasteiger partial charge in [-0.05, 0) is 25.7 Å². The number of amides is 1. The minimum atomic E-state index is -0.0947. The van der Waals surface area contributed by atoms with Gasteiger partial charge in [0, 0.05) is 17.6 Å². The van der Waals surface area contributed by atoms with E-state index in [2.05, 4.69) is 23.1 Å². The van der Waals surface area contributed by atoms with Crippen LogP contribution in [0.3, 0.4) is 0 Å². The average Bonchev–Trinajstić information content (AvgIpc) is 3.06. The third kappa shape index (κ3) is 4.33. The Morgan fingerprint density at radius 3 is 2.39 bits per heavy atom. The largest absolute Gasteiger partial charge is 0.353 e. The van der Waals surface area contributed by atoms with Crippen LogP contribution >= 0.6 is 0 Å². The van der Waals surface area contributed by atoms with Crippen molar-refractivity contribution in [1.29, 1.82) is 0 Å². The van der Waals surface area contributed by atoms with E-state index in [4.69, 9.17) is 0 Å². The topological polar surface area (TPSA) is 54.9 Å². The summed E-state index contributed by atoms with van der Waals surface area (Å²) in [5.74, 6) is 0.438. The molecule has 1 heterocycles. The molecule has 3 rings (SSSR count). The smallest absolute Gasteiger partial charge is 0.271 e. The van der Waals surface area contributed by atoms with Crippen LogP contribution in [0.15, 0.2) is 12.4 Å². The lowest BCUT2D eigenvalue weighted by molar-refractivity contribution is 0.0912. The number of carbonyl (C=O) groups excluding carboxylic acids is 1.